The number of amides is 1. The molecule has 0 bridgehead atoms. The number of thiazole rings is 1. The predicted octanol–water partition coefficient (Wildman–Crippen LogP) is 3.59. The summed E-state index contributed by atoms with van der Waals surface area (Å²) in [5.41, 5.74) is 1.91. The fourth-order valence-corrected chi connectivity index (χ4v) is 3.87. The average molecular weight is 380 g/mol. The molecule has 2 aromatic rings. The number of benzene rings is 1. The summed E-state index contributed by atoms with van der Waals surface area (Å²) < 4.78 is 5.75. The first-order chi connectivity index (χ1) is 12.0. The molecule has 0 spiro atoms. The second-order valence-corrected chi connectivity index (χ2v) is 7.74. The molecule has 7 heteroatoms. The second kappa shape index (κ2) is 8.27. The van der Waals surface area contributed by atoms with Gasteiger partial charge in [0.25, 0.3) is 0 Å². The van der Waals surface area contributed by atoms with Gasteiger partial charge in [-0.2, -0.15) is 0 Å². The molecule has 5 nitrogen and oxygen atoms in total. The maximum Gasteiger partial charge on any atom is 0.230 e. The Labute approximate surface area is 157 Å². The molecule has 2 heterocycles. The maximum atomic E-state index is 12.1. The summed E-state index contributed by atoms with van der Waals surface area (Å²) in [7, 11) is 0. The summed E-state index contributed by atoms with van der Waals surface area (Å²) in [5, 5.41) is 6.18. The molecular formula is C18H22ClN3O2S. The Kier molecular flexibility index (Phi) is 6.06. The molecule has 0 saturated carbocycles. The number of nitrogens with zero attached hydrogens (tertiary/aromatic N) is 2. The molecule has 1 aromatic heterocycles. The van der Waals surface area contributed by atoms with Crippen LogP contribution in [0.25, 0.3) is 0 Å². The number of carbonyl (C=O) groups is 1. The van der Waals surface area contributed by atoms with E-state index >= 15 is 0 Å². The summed E-state index contributed by atoms with van der Waals surface area (Å²) in [6, 6.07) is 7.29. The first-order valence-corrected chi connectivity index (χ1v) is 9.60. The summed E-state index contributed by atoms with van der Waals surface area (Å²) in [5.74, 6) is -0.0724. The van der Waals surface area contributed by atoms with Crippen LogP contribution in [0.2, 0.25) is 5.02 Å². The van der Waals surface area contributed by atoms with E-state index in [0.717, 1.165) is 30.9 Å². The Morgan fingerprint density at radius 2 is 2.00 bits per heavy atom. The lowest BCUT2D eigenvalue weighted by Crippen LogP contribution is -2.44. The standard InChI is InChI=1S/C18H22ClN3O2S/c1-12-8-22(9-13(2)24-12)10-16-11-25-18(20-16)21-17(23)7-14-3-5-15(19)6-4-14/h3-6,11-13H,7-10H2,1-2H3,(H,20,21,23). The number of rotatable bonds is 5. The number of anilines is 1. The Balaban J connectivity index is 1.52. The van der Waals surface area contributed by atoms with Gasteiger partial charge in [0.05, 0.1) is 24.3 Å². The molecule has 0 aliphatic carbocycles. The van der Waals surface area contributed by atoms with Gasteiger partial charge in [0.2, 0.25) is 5.91 Å². The summed E-state index contributed by atoms with van der Waals surface area (Å²) in [6.07, 6.45) is 0.784. The predicted molar refractivity (Wildman–Crippen MR) is 101 cm³/mol. The topological polar surface area (TPSA) is 54.5 Å². The molecule has 1 fully saturated rings. The molecule has 1 aliphatic heterocycles. The van der Waals surface area contributed by atoms with Crippen molar-refractivity contribution in [2.24, 2.45) is 0 Å². The normalized spacial score (nSPS) is 21.2. The van der Waals surface area contributed by atoms with Crippen LogP contribution in [0.3, 0.4) is 0 Å². The van der Waals surface area contributed by atoms with Gasteiger partial charge in [0.1, 0.15) is 0 Å². The monoisotopic (exact) mass is 379 g/mol. The van der Waals surface area contributed by atoms with Gasteiger partial charge in [-0.15, -0.1) is 11.3 Å². The zero-order valence-electron chi connectivity index (χ0n) is 14.4. The van der Waals surface area contributed by atoms with Gasteiger partial charge in [0.15, 0.2) is 5.13 Å². The van der Waals surface area contributed by atoms with Crippen LogP contribution in [0.5, 0.6) is 0 Å². The Morgan fingerprint density at radius 1 is 1.32 bits per heavy atom. The third-order valence-electron chi connectivity index (χ3n) is 3.96. The molecule has 2 atom stereocenters. The SMILES string of the molecule is CC1CN(Cc2csc(NC(=O)Cc3ccc(Cl)cc3)n2)CC(C)O1. The number of nitrogens with one attached hydrogen (secondary N) is 1. The van der Waals surface area contributed by atoms with Crippen molar-refractivity contribution in [1.82, 2.24) is 9.88 Å². The molecule has 1 aliphatic rings. The van der Waals surface area contributed by atoms with Crippen LogP contribution in [-0.2, 0) is 22.5 Å². The third kappa shape index (κ3) is 5.51. The summed E-state index contributed by atoms with van der Waals surface area (Å²) >= 11 is 7.32. The number of ether oxygens (including phenoxy) is 1. The van der Waals surface area contributed by atoms with E-state index in [1.807, 2.05) is 17.5 Å². The highest BCUT2D eigenvalue weighted by Crippen LogP contribution is 2.19. The lowest BCUT2D eigenvalue weighted by atomic mass is 10.1. The van der Waals surface area contributed by atoms with E-state index in [2.05, 4.69) is 29.0 Å². The minimum absolute atomic E-state index is 0.0724. The Bertz CT molecular complexity index is 709. The van der Waals surface area contributed by atoms with Crippen LogP contribution in [0.1, 0.15) is 25.1 Å². The maximum absolute atomic E-state index is 12.1. The number of aromatic nitrogens is 1. The van der Waals surface area contributed by atoms with Gasteiger partial charge in [-0.3, -0.25) is 9.69 Å². The van der Waals surface area contributed by atoms with Crippen molar-refractivity contribution in [1.29, 1.82) is 0 Å². The average Bonchev–Trinajstić information content (AvgIpc) is 2.95. The van der Waals surface area contributed by atoms with E-state index in [4.69, 9.17) is 16.3 Å². The zero-order valence-corrected chi connectivity index (χ0v) is 15.9. The van der Waals surface area contributed by atoms with Crippen LogP contribution in [-0.4, -0.2) is 41.1 Å². The lowest BCUT2D eigenvalue weighted by Gasteiger charge is -2.34. The van der Waals surface area contributed by atoms with Crippen LogP contribution in [0.15, 0.2) is 29.6 Å². The molecule has 134 valence electrons. The van der Waals surface area contributed by atoms with Crippen molar-refractivity contribution in [3.8, 4) is 0 Å². The number of halogens is 1. The molecule has 1 N–H and O–H groups in total. The molecule has 25 heavy (non-hydrogen) atoms. The Morgan fingerprint density at radius 3 is 2.68 bits per heavy atom. The van der Waals surface area contributed by atoms with E-state index in [9.17, 15) is 4.79 Å². The van der Waals surface area contributed by atoms with E-state index in [-0.39, 0.29) is 18.1 Å². The molecule has 2 unspecified atom stereocenters. The minimum Gasteiger partial charge on any atom is -0.373 e. The van der Waals surface area contributed by atoms with Crippen LogP contribution in [0.4, 0.5) is 5.13 Å². The number of hydrogen-bond donors (Lipinski definition) is 1. The molecule has 0 radical (unpaired) electrons. The van der Waals surface area contributed by atoms with Gasteiger partial charge in [-0.05, 0) is 31.5 Å². The van der Waals surface area contributed by atoms with Gasteiger partial charge >= 0.3 is 0 Å². The summed E-state index contributed by atoms with van der Waals surface area (Å²) in [4.78, 5) is 19.0. The highest BCUT2D eigenvalue weighted by Gasteiger charge is 2.22. The van der Waals surface area contributed by atoms with E-state index in [0.29, 0.717) is 16.6 Å². The number of morpholine rings is 1. The quantitative estimate of drug-likeness (QED) is 0.862. The van der Waals surface area contributed by atoms with E-state index in [1.165, 1.54) is 11.3 Å². The molecular weight excluding hydrogens is 358 g/mol. The van der Waals surface area contributed by atoms with Crippen LogP contribution < -0.4 is 5.32 Å². The van der Waals surface area contributed by atoms with Crippen LogP contribution >= 0.6 is 22.9 Å². The summed E-state index contributed by atoms with van der Waals surface area (Å²) in [6.45, 7) is 6.76. The largest absolute Gasteiger partial charge is 0.373 e. The second-order valence-electron chi connectivity index (χ2n) is 6.45. The van der Waals surface area contributed by atoms with Crippen LogP contribution in [0, 0.1) is 0 Å². The van der Waals surface area contributed by atoms with Gasteiger partial charge in [-0.25, -0.2) is 4.98 Å². The van der Waals surface area contributed by atoms with E-state index in [1.54, 1.807) is 12.1 Å². The molecule has 1 aromatic carbocycles. The van der Waals surface area contributed by atoms with Crippen molar-refractivity contribution in [3.05, 3.63) is 45.9 Å². The van der Waals surface area contributed by atoms with Crippen molar-refractivity contribution in [3.63, 3.8) is 0 Å². The van der Waals surface area contributed by atoms with Crippen molar-refractivity contribution in [2.75, 3.05) is 18.4 Å². The van der Waals surface area contributed by atoms with E-state index < -0.39 is 0 Å². The van der Waals surface area contributed by atoms with Gasteiger partial charge in [0, 0.05) is 30.0 Å². The van der Waals surface area contributed by atoms with Crippen molar-refractivity contribution < 1.29 is 9.53 Å². The fraction of sp³-hybridized carbons (Fsp3) is 0.444. The lowest BCUT2D eigenvalue weighted by molar-refractivity contribution is -0.115. The highest BCUT2D eigenvalue weighted by atomic mass is 35.5. The third-order valence-corrected chi connectivity index (χ3v) is 5.02. The molecule has 3 rings (SSSR count). The van der Waals surface area contributed by atoms with Crippen molar-refractivity contribution >= 4 is 34.0 Å². The minimum atomic E-state index is -0.0724. The van der Waals surface area contributed by atoms with Gasteiger partial charge in [-0.1, -0.05) is 23.7 Å². The molecule has 1 saturated heterocycles. The first-order valence-electron chi connectivity index (χ1n) is 8.34. The Hall–Kier alpha value is -1.47. The highest BCUT2D eigenvalue weighted by molar-refractivity contribution is 7.13. The number of hydrogen-bond acceptors (Lipinski definition) is 5. The first kappa shape index (κ1) is 18.3. The number of carbonyl (C=O) groups excluding carboxylic acids is 1. The van der Waals surface area contributed by atoms with Gasteiger partial charge < -0.3 is 10.1 Å². The molecule has 1 amide bonds. The fourth-order valence-electron chi connectivity index (χ4n) is 3.03. The van der Waals surface area contributed by atoms with Crippen molar-refractivity contribution in [2.45, 2.75) is 39.0 Å². The smallest absolute Gasteiger partial charge is 0.230 e. The zero-order chi connectivity index (χ0) is 17.8.